The lowest BCUT2D eigenvalue weighted by atomic mass is 9.98. The largest absolute Gasteiger partial charge is 0.385 e. The van der Waals surface area contributed by atoms with E-state index in [1.807, 2.05) is 43.3 Å². The van der Waals surface area contributed by atoms with E-state index in [1.165, 1.54) is 4.90 Å². The highest BCUT2D eigenvalue weighted by molar-refractivity contribution is 6.11. The molecular weight excluding hydrogens is 380 g/mol. The Labute approximate surface area is 176 Å². The summed E-state index contributed by atoms with van der Waals surface area (Å²) in [6.45, 7) is 3.04. The van der Waals surface area contributed by atoms with Crippen LogP contribution in [-0.4, -0.2) is 47.9 Å². The van der Waals surface area contributed by atoms with Crippen molar-refractivity contribution >= 4 is 29.1 Å². The van der Waals surface area contributed by atoms with Crippen LogP contribution in [0.15, 0.2) is 54.6 Å². The Bertz CT molecular complexity index is 962. The Balaban J connectivity index is 1.37. The molecule has 0 aromatic heterocycles. The maximum atomic E-state index is 13.1. The number of para-hydroxylation sites is 2. The molecule has 1 fully saturated rings. The van der Waals surface area contributed by atoms with Crippen molar-refractivity contribution in [3.05, 3.63) is 60.2 Å². The van der Waals surface area contributed by atoms with Gasteiger partial charge < -0.3 is 15.5 Å². The van der Waals surface area contributed by atoms with Crippen LogP contribution in [0.4, 0.5) is 11.4 Å². The fourth-order valence-electron chi connectivity index (χ4n) is 4.25. The molecule has 3 amide bonds. The van der Waals surface area contributed by atoms with Gasteiger partial charge >= 0.3 is 0 Å². The van der Waals surface area contributed by atoms with Gasteiger partial charge in [-0.15, -0.1) is 0 Å². The third-order valence-corrected chi connectivity index (χ3v) is 5.83. The van der Waals surface area contributed by atoms with E-state index in [0.29, 0.717) is 30.6 Å². The number of anilines is 2. The number of carbonyl (C=O) groups excluding carboxylic acids is 3. The van der Waals surface area contributed by atoms with Crippen molar-refractivity contribution in [3.8, 4) is 0 Å². The first kappa shape index (κ1) is 19.9. The Kier molecular flexibility index (Phi) is 5.44. The lowest BCUT2D eigenvalue weighted by Crippen LogP contribution is -2.63. The lowest BCUT2D eigenvalue weighted by molar-refractivity contribution is -0.124. The van der Waals surface area contributed by atoms with Crippen LogP contribution in [0.3, 0.4) is 0 Å². The van der Waals surface area contributed by atoms with Crippen LogP contribution in [0.25, 0.3) is 0 Å². The average Bonchev–Trinajstić information content (AvgIpc) is 3.07. The molecule has 0 radical (unpaired) electrons. The van der Waals surface area contributed by atoms with Gasteiger partial charge in [0.05, 0.1) is 11.3 Å². The summed E-state index contributed by atoms with van der Waals surface area (Å²) in [6.07, 6.45) is 1.64. The minimum Gasteiger partial charge on any atom is -0.385 e. The molecular formula is C23H26N4O3. The number of nitrogens with zero attached hydrogens (tertiary/aromatic N) is 2. The fraction of sp³-hybridized carbons (Fsp3) is 0.348. The number of hydrogen-bond acceptors (Lipinski definition) is 4. The third-order valence-electron chi connectivity index (χ3n) is 5.83. The van der Waals surface area contributed by atoms with Crippen LogP contribution < -0.4 is 15.5 Å². The zero-order valence-corrected chi connectivity index (χ0v) is 17.1. The predicted molar refractivity (Wildman–Crippen MR) is 115 cm³/mol. The van der Waals surface area contributed by atoms with Gasteiger partial charge in [-0.2, -0.15) is 0 Å². The Hall–Kier alpha value is -3.35. The smallest absolute Gasteiger partial charge is 0.258 e. The summed E-state index contributed by atoms with van der Waals surface area (Å²) in [7, 11) is 0. The monoisotopic (exact) mass is 406 g/mol. The molecule has 1 saturated heterocycles. The van der Waals surface area contributed by atoms with Crippen molar-refractivity contribution in [1.29, 1.82) is 0 Å². The van der Waals surface area contributed by atoms with E-state index in [4.69, 9.17) is 0 Å². The highest BCUT2D eigenvalue weighted by Gasteiger charge is 2.53. The molecule has 1 unspecified atom stereocenters. The number of nitrogens with one attached hydrogen (secondary N) is 2. The molecule has 1 atom stereocenters. The second kappa shape index (κ2) is 8.18. The summed E-state index contributed by atoms with van der Waals surface area (Å²) < 4.78 is 0. The second-order valence-electron chi connectivity index (χ2n) is 7.85. The average molecular weight is 406 g/mol. The van der Waals surface area contributed by atoms with Crippen LogP contribution in [0.1, 0.15) is 36.5 Å². The van der Waals surface area contributed by atoms with E-state index < -0.39 is 5.66 Å². The first-order valence-corrected chi connectivity index (χ1v) is 10.3. The fourth-order valence-corrected chi connectivity index (χ4v) is 4.25. The van der Waals surface area contributed by atoms with Crippen molar-refractivity contribution in [2.45, 2.75) is 31.8 Å². The summed E-state index contributed by atoms with van der Waals surface area (Å²) in [4.78, 5) is 41.5. The highest BCUT2D eigenvalue weighted by atomic mass is 16.2. The van der Waals surface area contributed by atoms with E-state index in [9.17, 15) is 14.4 Å². The lowest BCUT2D eigenvalue weighted by Gasteiger charge is -2.48. The number of amides is 3. The summed E-state index contributed by atoms with van der Waals surface area (Å²) in [5.74, 6) is -0.447. The summed E-state index contributed by atoms with van der Waals surface area (Å²) in [6, 6.07) is 17.0. The summed E-state index contributed by atoms with van der Waals surface area (Å²) >= 11 is 0. The molecule has 4 rings (SSSR count). The number of rotatable bonds is 7. The summed E-state index contributed by atoms with van der Waals surface area (Å²) in [5.41, 5.74) is 1.33. The molecule has 2 aliphatic rings. The van der Waals surface area contributed by atoms with E-state index in [1.54, 1.807) is 23.1 Å². The van der Waals surface area contributed by atoms with Crippen LogP contribution >= 0.6 is 0 Å². The molecule has 2 aromatic carbocycles. The predicted octanol–water partition coefficient (Wildman–Crippen LogP) is 2.60. The van der Waals surface area contributed by atoms with Crippen molar-refractivity contribution < 1.29 is 14.4 Å². The standard InChI is InChI=1S/C23H26N4O3/c1-23-13-12-21(29)27(23)19-11-6-5-10-18(19)22(30)26(23)16-20(28)25-15-7-14-24-17-8-3-2-4-9-17/h2-6,8-11,24H,7,12-16H2,1H3,(H,25,28). The Morgan fingerprint density at radius 2 is 1.77 bits per heavy atom. The summed E-state index contributed by atoms with van der Waals surface area (Å²) in [5, 5.41) is 6.19. The molecule has 0 saturated carbocycles. The Morgan fingerprint density at radius 3 is 2.57 bits per heavy atom. The van der Waals surface area contributed by atoms with Crippen molar-refractivity contribution in [1.82, 2.24) is 10.2 Å². The third kappa shape index (κ3) is 3.63. The van der Waals surface area contributed by atoms with Gasteiger partial charge in [0.25, 0.3) is 5.91 Å². The maximum Gasteiger partial charge on any atom is 0.258 e. The van der Waals surface area contributed by atoms with E-state index in [-0.39, 0.29) is 24.3 Å². The zero-order chi connectivity index (χ0) is 21.1. The Morgan fingerprint density at radius 1 is 1.03 bits per heavy atom. The van der Waals surface area contributed by atoms with E-state index in [0.717, 1.165) is 18.7 Å². The highest BCUT2D eigenvalue weighted by Crippen LogP contribution is 2.43. The van der Waals surface area contributed by atoms with Gasteiger partial charge in [0, 0.05) is 25.2 Å². The maximum absolute atomic E-state index is 13.1. The molecule has 0 aliphatic carbocycles. The number of benzene rings is 2. The van der Waals surface area contributed by atoms with Gasteiger partial charge in [-0.25, -0.2) is 0 Å². The molecule has 30 heavy (non-hydrogen) atoms. The first-order valence-electron chi connectivity index (χ1n) is 10.3. The molecule has 0 bridgehead atoms. The molecule has 2 aliphatic heterocycles. The van der Waals surface area contributed by atoms with Gasteiger partial charge in [0.1, 0.15) is 12.2 Å². The van der Waals surface area contributed by atoms with Gasteiger partial charge in [0.2, 0.25) is 11.8 Å². The zero-order valence-electron chi connectivity index (χ0n) is 17.1. The van der Waals surface area contributed by atoms with Gasteiger partial charge in [0.15, 0.2) is 0 Å². The van der Waals surface area contributed by atoms with Crippen molar-refractivity contribution in [2.75, 3.05) is 29.9 Å². The van der Waals surface area contributed by atoms with E-state index >= 15 is 0 Å². The minimum atomic E-state index is -0.811. The number of hydrogen-bond donors (Lipinski definition) is 2. The number of fused-ring (bicyclic) bond motifs is 3. The molecule has 156 valence electrons. The van der Waals surface area contributed by atoms with Crippen LogP contribution in [0, 0.1) is 0 Å². The van der Waals surface area contributed by atoms with Gasteiger partial charge in [-0.05, 0) is 44.0 Å². The SMILES string of the molecule is CC12CCC(=O)N1c1ccccc1C(=O)N2CC(=O)NCCCNc1ccccc1. The molecule has 2 aromatic rings. The quantitative estimate of drug-likeness (QED) is 0.693. The van der Waals surface area contributed by atoms with Crippen molar-refractivity contribution in [2.24, 2.45) is 0 Å². The minimum absolute atomic E-state index is 0.0187. The van der Waals surface area contributed by atoms with Gasteiger partial charge in [-0.3, -0.25) is 19.3 Å². The normalized spacial score (nSPS) is 20.0. The second-order valence-corrected chi connectivity index (χ2v) is 7.85. The molecule has 7 nitrogen and oxygen atoms in total. The van der Waals surface area contributed by atoms with Crippen molar-refractivity contribution in [3.63, 3.8) is 0 Å². The first-order chi connectivity index (χ1) is 14.5. The van der Waals surface area contributed by atoms with E-state index in [2.05, 4.69) is 10.6 Å². The van der Waals surface area contributed by atoms with Crippen LogP contribution in [0.2, 0.25) is 0 Å². The molecule has 2 heterocycles. The molecule has 7 heteroatoms. The van der Waals surface area contributed by atoms with Crippen LogP contribution in [-0.2, 0) is 9.59 Å². The molecule has 0 spiro atoms. The van der Waals surface area contributed by atoms with Crippen LogP contribution in [0.5, 0.6) is 0 Å². The topological polar surface area (TPSA) is 81.8 Å². The van der Waals surface area contributed by atoms with Gasteiger partial charge in [-0.1, -0.05) is 30.3 Å². The number of carbonyl (C=O) groups is 3. The molecule has 2 N–H and O–H groups in total.